The van der Waals surface area contributed by atoms with Crippen LogP contribution < -0.4 is 5.32 Å². The van der Waals surface area contributed by atoms with E-state index in [1.54, 1.807) is 18.6 Å². The molecule has 1 N–H and O–H groups in total. The molecule has 3 rings (SSSR count). The van der Waals surface area contributed by atoms with E-state index in [2.05, 4.69) is 20.2 Å². The zero-order chi connectivity index (χ0) is 14.5. The van der Waals surface area contributed by atoms with Crippen LogP contribution in [0.15, 0.2) is 23.6 Å². The highest BCUT2D eigenvalue weighted by Gasteiger charge is 2.30. The van der Waals surface area contributed by atoms with Crippen LogP contribution in [0.4, 0.5) is 0 Å². The number of carbonyl (C=O) groups excluding carboxylic acids is 1. The van der Waals surface area contributed by atoms with Gasteiger partial charge in [0.05, 0.1) is 19.4 Å². The van der Waals surface area contributed by atoms with Crippen LogP contribution in [0.3, 0.4) is 0 Å². The normalized spacial score (nSPS) is 21.0. The van der Waals surface area contributed by atoms with Crippen molar-refractivity contribution >= 4 is 17.7 Å². The first kappa shape index (κ1) is 14.7. The number of hydrogen-bond donors (Lipinski definition) is 1. The smallest absolute Gasteiger partial charge is 0.235 e. The molecule has 0 radical (unpaired) electrons. The summed E-state index contributed by atoms with van der Waals surface area (Å²) in [6, 6.07) is 0.382. The van der Waals surface area contributed by atoms with E-state index >= 15 is 0 Å². The van der Waals surface area contributed by atoms with Gasteiger partial charge in [-0.2, -0.15) is 0 Å². The lowest BCUT2D eigenvalue weighted by molar-refractivity contribution is -0.121. The van der Waals surface area contributed by atoms with E-state index in [4.69, 9.17) is 4.74 Å². The molecule has 7 heteroatoms. The molecule has 21 heavy (non-hydrogen) atoms. The Kier molecular flexibility index (Phi) is 5.05. The molecule has 1 saturated carbocycles. The molecule has 1 unspecified atom stereocenters. The Hall–Kier alpha value is -1.18. The standard InChI is InChI=1S/C14H20N4O2S/c19-14(17-11-1-2-11)12(10-18-5-7-20-8-6-18)21-13-9-15-3-4-16-13/h3-4,9,11-12H,1-2,5-8,10H2,(H,17,19). The van der Waals surface area contributed by atoms with E-state index in [9.17, 15) is 4.79 Å². The molecule has 0 bridgehead atoms. The monoisotopic (exact) mass is 308 g/mol. The van der Waals surface area contributed by atoms with E-state index in [0.29, 0.717) is 6.04 Å². The number of nitrogens with zero attached hydrogens (tertiary/aromatic N) is 3. The summed E-state index contributed by atoms with van der Waals surface area (Å²) in [4.78, 5) is 23.0. The molecule has 2 aliphatic rings. The van der Waals surface area contributed by atoms with Crippen molar-refractivity contribution in [3.05, 3.63) is 18.6 Å². The summed E-state index contributed by atoms with van der Waals surface area (Å²) in [5.41, 5.74) is 0. The summed E-state index contributed by atoms with van der Waals surface area (Å²) in [6.45, 7) is 3.98. The summed E-state index contributed by atoms with van der Waals surface area (Å²) >= 11 is 1.49. The van der Waals surface area contributed by atoms with Crippen LogP contribution in [-0.2, 0) is 9.53 Å². The minimum Gasteiger partial charge on any atom is -0.379 e. The molecule has 1 aromatic heterocycles. The van der Waals surface area contributed by atoms with Gasteiger partial charge < -0.3 is 10.1 Å². The molecular weight excluding hydrogens is 288 g/mol. The lowest BCUT2D eigenvalue weighted by Gasteiger charge is -2.29. The number of amides is 1. The van der Waals surface area contributed by atoms with Crippen molar-refractivity contribution < 1.29 is 9.53 Å². The summed E-state index contributed by atoms with van der Waals surface area (Å²) in [5, 5.41) is 3.74. The van der Waals surface area contributed by atoms with Crippen LogP contribution in [-0.4, -0.2) is 64.9 Å². The predicted molar refractivity (Wildman–Crippen MR) is 80.1 cm³/mol. The van der Waals surface area contributed by atoms with E-state index in [1.165, 1.54) is 11.8 Å². The molecule has 0 aromatic carbocycles. The SMILES string of the molecule is O=C(NC1CC1)C(CN1CCOCC1)Sc1cnccn1. The van der Waals surface area contributed by atoms with Gasteiger partial charge in [0.2, 0.25) is 5.91 Å². The summed E-state index contributed by atoms with van der Waals surface area (Å²) in [6.07, 6.45) is 7.22. The summed E-state index contributed by atoms with van der Waals surface area (Å²) < 4.78 is 5.36. The Morgan fingerprint density at radius 1 is 1.43 bits per heavy atom. The fourth-order valence-corrected chi connectivity index (χ4v) is 3.20. The molecule has 1 aliphatic carbocycles. The molecule has 1 saturated heterocycles. The Bertz CT molecular complexity index is 463. The van der Waals surface area contributed by atoms with Gasteiger partial charge in [0.25, 0.3) is 0 Å². The van der Waals surface area contributed by atoms with Crippen molar-refractivity contribution in [3.8, 4) is 0 Å². The molecule has 1 aromatic rings. The van der Waals surface area contributed by atoms with Crippen molar-refractivity contribution in [2.75, 3.05) is 32.8 Å². The first-order valence-corrected chi connectivity index (χ1v) is 8.22. The number of morpholine rings is 1. The van der Waals surface area contributed by atoms with Crippen molar-refractivity contribution in [1.82, 2.24) is 20.2 Å². The molecular formula is C14H20N4O2S. The fourth-order valence-electron chi connectivity index (χ4n) is 2.21. The molecule has 0 spiro atoms. The molecule has 1 aliphatic heterocycles. The predicted octanol–water partition coefficient (Wildman–Crippen LogP) is 0.548. The molecule has 114 valence electrons. The Morgan fingerprint density at radius 3 is 2.90 bits per heavy atom. The Balaban J connectivity index is 1.62. The van der Waals surface area contributed by atoms with Crippen molar-refractivity contribution in [2.45, 2.75) is 29.2 Å². The second-order valence-corrected chi connectivity index (χ2v) is 6.57. The zero-order valence-electron chi connectivity index (χ0n) is 11.9. The minimum atomic E-state index is -0.152. The number of aromatic nitrogens is 2. The maximum absolute atomic E-state index is 12.4. The first-order valence-electron chi connectivity index (χ1n) is 7.34. The largest absolute Gasteiger partial charge is 0.379 e. The number of nitrogens with one attached hydrogen (secondary N) is 1. The molecule has 1 atom stereocenters. The van der Waals surface area contributed by atoms with E-state index < -0.39 is 0 Å². The number of rotatable bonds is 6. The average Bonchev–Trinajstić information content (AvgIpc) is 3.33. The topological polar surface area (TPSA) is 67.4 Å². The number of thioether (sulfide) groups is 1. The third-order valence-electron chi connectivity index (χ3n) is 3.55. The molecule has 1 amide bonds. The zero-order valence-corrected chi connectivity index (χ0v) is 12.7. The highest BCUT2D eigenvalue weighted by Crippen LogP contribution is 2.24. The van der Waals surface area contributed by atoms with Crippen LogP contribution in [0.5, 0.6) is 0 Å². The fraction of sp³-hybridized carbons (Fsp3) is 0.643. The van der Waals surface area contributed by atoms with Crippen molar-refractivity contribution in [3.63, 3.8) is 0 Å². The third-order valence-corrected chi connectivity index (χ3v) is 4.65. The lowest BCUT2D eigenvalue weighted by Crippen LogP contribution is -2.45. The Morgan fingerprint density at radius 2 is 2.24 bits per heavy atom. The van der Waals surface area contributed by atoms with E-state index in [-0.39, 0.29) is 11.2 Å². The molecule has 2 fully saturated rings. The molecule has 6 nitrogen and oxygen atoms in total. The van der Waals surface area contributed by atoms with Crippen LogP contribution in [0.25, 0.3) is 0 Å². The van der Waals surface area contributed by atoms with Gasteiger partial charge in [-0.25, -0.2) is 4.98 Å². The van der Waals surface area contributed by atoms with Crippen LogP contribution in [0.2, 0.25) is 0 Å². The van der Waals surface area contributed by atoms with Crippen LogP contribution in [0, 0.1) is 0 Å². The number of carbonyl (C=O) groups is 1. The van der Waals surface area contributed by atoms with Gasteiger partial charge in [-0.1, -0.05) is 11.8 Å². The van der Waals surface area contributed by atoms with E-state index in [0.717, 1.165) is 50.7 Å². The van der Waals surface area contributed by atoms with Gasteiger partial charge in [-0.05, 0) is 12.8 Å². The summed E-state index contributed by atoms with van der Waals surface area (Å²) in [5.74, 6) is 0.111. The second kappa shape index (κ2) is 7.20. The van der Waals surface area contributed by atoms with E-state index in [1.807, 2.05) is 0 Å². The quantitative estimate of drug-likeness (QED) is 0.774. The highest BCUT2D eigenvalue weighted by atomic mass is 32.2. The average molecular weight is 308 g/mol. The van der Waals surface area contributed by atoms with Gasteiger partial charge in [-0.15, -0.1) is 0 Å². The molecule has 2 heterocycles. The van der Waals surface area contributed by atoms with Crippen LogP contribution in [0.1, 0.15) is 12.8 Å². The van der Waals surface area contributed by atoms with Gasteiger partial charge in [0, 0.05) is 38.1 Å². The van der Waals surface area contributed by atoms with Gasteiger partial charge in [0.1, 0.15) is 10.3 Å². The minimum absolute atomic E-state index is 0.111. The lowest BCUT2D eigenvalue weighted by atomic mass is 10.3. The van der Waals surface area contributed by atoms with Gasteiger partial charge in [0.15, 0.2) is 0 Å². The third kappa shape index (κ3) is 4.66. The number of hydrogen-bond acceptors (Lipinski definition) is 6. The second-order valence-electron chi connectivity index (χ2n) is 5.35. The van der Waals surface area contributed by atoms with Crippen molar-refractivity contribution in [2.24, 2.45) is 0 Å². The maximum atomic E-state index is 12.4. The van der Waals surface area contributed by atoms with Crippen LogP contribution >= 0.6 is 11.8 Å². The number of ether oxygens (including phenoxy) is 1. The van der Waals surface area contributed by atoms with Crippen molar-refractivity contribution in [1.29, 1.82) is 0 Å². The van der Waals surface area contributed by atoms with Gasteiger partial charge in [-0.3, -0.25) is 14.7 Å². The maximum Gasteiger partial charge on any atom is 0.235 e. The first-order chi connectivity index (χ1) is 10.3. The summed E-state index contributed by atoms with van der Waals surface area (Å²) in [7, 11) is 0. The Labute approximate surface area is 128 Å². The highest BCUT2D eigenvalue weighted by molar-refractivity contribution is 8.00. The van der Waals surface area contributed by atoms with Gasteiger partial charge >= 0.3 is 0 Å².